The second-order valence-corrected chi connectivity index (χ2v) is 9.51. The third-order valence-electron chi connectivity index (χ3n) is 5.41. The van der Waals surface area contributed by atoms with E-state index in [2.05, 4.69) is 20.1 Å². The first-order valence-electron chi connectivity index (χ1n) is 9.89. The van der Waals surface area contributed by atoms with Gasteiger partial charge in [-0.25, -0.2) is 0 Å². The molecule has 0 bridgehead atoms. The zero-order valence-electron chi connectivity index (χ0n) is 15.8. The molecule has 1 aromatic heterocycles. The second kappa shape index (κ2) is 9.71. The van der Waals surface area contributed by atoms with Crippen LogP contribution in [0.1, 0.15) is 64.2 Å². The summed E-state index contributed by atoms with van der Waals surface area (Å²) in [6.45, 7) is 1.28. The van der Waals surface area contributed by atoms with Crippen LogP contribution in [-0.4, -0.2) is 33.9 Å². The Morgan fingerprint density at radius 3 is 2.31 bits per heavy atom. The molecule has 7 heteroatoms. The van der Waals surface area contributed by atoms with Crippen molar-refractivity contribution in [3.05, 3.63) is 3.83 Å². The molecule has 2 heterocycles. The van der Waals surface area contributed by atoms with Gasteiger partial charge in [0.1, 0.15) is 0 Å². The van der Waals surface area contributed by atoms with Gasteiger partial charge in [0.2, 0.25) is 0 Å². The molecule has 0 aromatic carbocycles. The Balaban J connectivity index is 1.75. The van der Waals surface area contributed by atoms with Gasteiger partial charge in [0, 0.05) is 0 Å². The maximum absolute atomic E-state index is 12.2. The zero-order chi connectivity index (χ0) is 18.4. The van der Waals surface area contributed by atoms with Crippen molar-refractivity contribution < 1.29 is 26.0 Å². The fraction of sp³-hybridized carbons (Fsp3) is 0.737. The number of fused-ring (bicyclic) bond motifs is 1. The average Bonchev–Trinajstić information content (AvgIpc) is 2.68. The van der Waals surface area contributed by atoms with Crippen LogP contribution in [0.4, 0.5) is 17.3 Å². The Kier molecular flexibility index (Phi) is 7.33. The van der Waals surface area contributed by atoms with Crippen molar-refractivity contribution in [2.75, 3.05) is 34.0 Å². The first-order chi connectivity index (χ1) is 12.7. The normalized spacial score (nSPS) is 20.3. The molecule has 26 heavy (non-hydrogen) atoms. The summed E-state index contributed by atoms with van der Waals surface area (Å²) in [6, 6.07) is 0. The number of halogens is 1. The molecule has 1 aliphatic carbocycles. The number of nitrogens with one attached hydrogen (secondary N) is 1. The second-order valence-electron chi connectivity index (χ2n) is 7.47. The van der Waals surface area contributed by atoms with Gasteiger partial charge >= 0.3 is 167 Å². The number of alkyl halides is 1. The Morgan fingerprint density at radius 1 is 1.08 bits per heavy atom. The molecule has 0 saturated heterocycles. The summed E-state index contributed by atoms with van der Waals surface area (Å²) in [7, 11) is 0. The zero-order valence-corrected chi connectivity index (χ0v) is 17.9. The maximum atomic E-state index is 12.2. The van der Waals surface area contributed by atoms with E-state index in [1.807, 2.05) is 0 Å². The average molecular weight is 472 g/mol. The Bertz CT molecular complexity index is 612. The standard InChI is InChI=1S/C19H31IN5O/c1-20-19-23-17(21)16-18(24-19)25(13-15(26)22-16)12-14-10-8-6-4-2-3-5-7-9-11-14/h14H,2-13H2,1H3,(H,22,26)(H2,21,23,24)/q-1. The van der Waals surface area contributed by atoms with Crippen molar-refractivity contribution in [3.8, 4) is 0 Å². The van der Waals surface area contributed by atoms with Crippen LogP contribution in [0.5, 0.6) is 0 Å². The molecular formula is C19H31IN5O-. The van der Waals surface area contributed by atoms with Gasteiger partial charge in [0.25, 0.3) is 0 Å². The van der Waals surface area contributed by atoms with E-state index >= 15 is 0 Å². The number of anilines is 3. The van der Waals surface area contributed by atoms with E-state index in [-0.39, 0.29) is 27.1 Å². The number of hydrogen-bond donors (Lipinski definition) is 2. The van der Waals surface area contributed by atoms with Crippen LogP contribution in [0, 0.1) is 9.75 Å². The van der Waals surface area contributed by atoms with Crippen molar-refractivity contribution >= 4 is 23.2 Å². The van der Waals surface area contributed by atoms with E-state index in [0.29, 0.717) is 24.0 Å². The Hall–Kier alpha value is -1.12. The molecule has 0 radical (unpaired) electrons. The van der Waals surface area contributed by atoms with Gasteiger partial charge in [-0.3, -0.25) is 0 Å². The molecule has 2 aliphatic rings. The van der Waals surface area contributed by atoms with Crippen molar-refractivity contribution in [2.45, 2.75) is 64.2 Å². The Labute approximate surface area is 167 Å². The van der Waals surface area contributed by atoms with Crippen LogP contribution in [0.15, 0.2) is 0 Å². The summed E-state index contributed by atoms with van der Waals surface area (Å²) in [5.74, 6) is 1.86. The predicted molar refractivity (Wildman–Crippen MR) is 102 cm³/mol. The molecule has 0 atom stereocenters. The summed E-state index contributed by atoms with van der Waals surface area (Å²) >= 11 is -0.235. The minimum absolute atomic E-state index is 0.0107. The van der Waals surface area contributed by atoms with Crippen LogP contribution < -0.4 is 37.2 Å². The molecule has 146 valence electrons. The molecule has 1 aromatic rings. The van der Waals surface area contributed by atoms with E-state index in [9.17, 15) is 4.79 Å². The van der Waals surface area contributed by atoms with Gasteiger partial charge in [0.05, 0.1) is 0 Å². The molecule has 6 nitrogen and oxygen atoms in total. The Morgan fingerprint density at radius 2 is 1.69 bits per heavy atom. The molecular weight excluding hydrogens is 441 g/mol. The molecule has 1 saturated carbocycles. The molecule has 0 unspecified atom stereocenters. The number of nitrogens with two attached hydrogens (primary N) is 1. The third kappa shape index (κ3) is 5.20. The monoisotopic (exact) mass is 472 g/mol. The fourth-order valence-corrected chi connectivity index (χ4v) is 4.99. The topological polar surface area (TPSA) is 84.1 Å². The van der Waals surface area contributed by atoms with Crippen molar-refractivity contribution in [1.82, 2.24) is 9.97 Å². The van der Waals surface area contributed by atoms with Crippen LogP contribution >= 0.6 is 0 Å². The summed E-state index contributed by atoms with van der Waals surface area (Å²) in [5, 5.41) is 2.88. The molecule has 1 amide bonds. The van der Waals surface area contributed by atoms with Crippen LogP contribution in [-0.2, 0) is 4.79 Å². The van der Waals surface area contributed by atoms with E-state index in [1.165, 1.54) is 64.2 Å². The van der Waals surface area contributed by atoms with Gasteiger partial charge in [-0.05, 0) is 0 Å². The van der Waals surface area contributed by atoms with Crippen molar-refractivity contribution in [1.29, 1.82) is 0 Å². The minimum atomic E-state index is -0.235. The number of hydrogen-bond acceptors (Lipinski definition) is 5. The van der Waals surface area contributed by atoms with E-state index in [4.69, 9.17) is 10.7 Å². The summed E-state index contributed by atoms with van der Waals surface area (Å²) in [4.78, 5) is 25.6. The van der Waals surface area contributed by atoms with Gasteiger partial charge < -0.3 is 0 Å². The quantitative estimate of drug-likeness (QED) is 0.374. The molecule has 1 fully saturated rings. The SMILES string of the molecule is C[I-]c1nc(N)c2c(n1)N(CC1CCCCCCCCCC1)CC(=O)N2. The third-order valence-corrected chi connectivity index (χ3v) is 6.86. The van der Waals surface area contributed by atoms with Crippen molar-refractivity contribution in [2.24, 2.45) is 5.92 Å². The molecule has 0 spiro atoms. The molecule has 3 N–H and O–H groups in total. The van der Waals surface area contributed by atoms with Gasteiger partial charge in [-0.1, -0.05) is 0 Å². The van der Waals surface area contributed by atoms with Gasteiger partial charge in [-0.15, -0.1) is 0 Å². The van der Waals surface area contributed by atoms with E-state index < -0.39 is 0 Å². The van der Waals surface area contributed by atoms with Crippen molar-refractivity contribution in [3.63, 3.8) is 0 Å². The number of nitrogens with zero attached hydrogens (tertiary/aromatic N) is 3. The van der Waals surface area contributed by atoms with E-state index in [1.54, 1.807) is 0 Å². The molecule has 3 rings (SSSR count). The number of amides is 1. The van der Waals surface area contributed by atoms with Gasteiger partial charge in [0.15, 0.2) is 0 Å². The van der Waals surface area contributed by atoms with E-state index in [0.717, 1.165) is 16.2 Å². The predicted octanol–water partition coefficient (Wildman–Crippen LogP) is 0.237. The van der Waals surface area contributed by atoms with Crippen LogP contribution in [0.3, 0.4) is 0 Å². The van der Waals surface area contributed by atoms with Crippen LogP contribution in [0.25, 0.3) is 0 Å². The first kappa shape index (κ1) is 19.6. The summed E-state index contributed by atoms with van der Waals surface area (Å²) in [5.41, 5.74) is 6.71. The summed E-state index contributed by atoms with van der Waals surface area (Å²) < 4.78 is 0.851. The number of rotatable bonds is 3. The van der Waals surface area contributed by atoms with Gasteiger partial charge in [-0.2, -0.15) is 0 Å². The molecule has 1 aliphatic heterocycles. The number of carbonyl (C=O) groups is 1. The number of aromatic nitrogens is 2. The van der Waals surface area contributed by atoms with Crippen LogP contribution in [0.2, 0.25) is 0 Å². The summed E-state index contributed by atoms with van der Waals surface area (Å²) in [6.07, 6.45) is 13.3. The fourth-order valence-electron chi connectivity index (χ4n) is 4.01. The first-order valence-corrected chi connectivity index (χ1v) is 13.1. The number of carbonyl (C=O) groups excluding carboxylic acids is 1. The number of nitrogen functional groups attached to an aromatic ring is 1.